The summed E-state index contributed by atoms with van der Waals surface area (Å²) in [5, 5.41) is 19.1. The molecule has 0 aliphatic heterocycles. The second-order valence-corrected chi connectivity index (χ2v) is 5.73. The molecule has 1 N–H and O–H groups in total. The van der Waals surface area contributed by atoms with Crippen LogP contribution < -0.4 is 0 Å². The Labute approximate surface area is 105 Å². The molecule has 0 bridgehead atoms. The summed E-state index contributed by atoms with van der Waals surface area (Å²) in [6.07, 6.45) is 1.41. The fraction of sp³-hybridized carbons (Fsp3) is 0.273. The van der Waals surface area contributed by atoms with E-state index in [1.807, 2.05) is 0 Å². The second-order valence-electron chi connectivity index (χ2n) is 3.74. The van der Waals surface area contributed by atoms with E-state index in [-0.39, 0.29) is 22.9 Å². The van der Waals surface area contributed by atoms with Crippen molar-refractivity contribution < 1.29 is 18.4 Å². The Balaban J connectivity index is 2.99. The van der Waals surface area contributed by atoms with Crippen LogP contribution >= 0.6 is 0 Å². The molecule has 0 aliphatic rings. The molecule has 0 saturated carbocycles. The van der Waals surface area contributed by atoms with Crippen LogP contribution in [0.3, 0.4) is 0 Å². The third kappa shape index (κ3) is 3.64. The van der Waals surface area contributed by atoms with Crippen LogP contribution in [-0.4, -0.2) is 30.8 Å². The smallest absolute Gasteiger partial charge is 0.269 e. The average Bonchev–Trinajstić information content (AvgIpc) is 2.28. The SMILES string of the molecule is C/C(=C\CO)CS(=O)(=O)c1ccc([N+](=O)[O-])cc1. The van der Waals surface area contributed by atoms with Crippen molar-refractivity contribution in [2.75, 3.05) is 12.4 Å². The van der Waals surface area contributed by atoms with Gasteiger partial charge in [0.15, 0.2) is 9.84 Å². The number of nitro benzene ring substituents is 1. The van der Waals surface area contributed by atoms with Crippen molar-refractivity contribution in [3.8, 4) is 0 Å². The molecule has 0 radical (unpaired) electrons. The second kappa shape index (κ2) is 5.74. The van der Waals surface area contributed by atoms with Crippen molar-refractivity contribution in [2.45, 2.75) is 11.8 Å². The predicted octanol–water partition coefficient (Wildman–Crippen LogP) is 1.31. The van der Waals surface area contributed by atoms with E-state index in [0.717, 1.165) is 12.1 Å². The van der Waals surface area contributed by atoms with Gasteiger partial charge in [0.2, 0.25) is 0 Å². The number of aliphatic hydroxyl groups excluding tert-OH is 1. The number of benzene rings is 1. The van der Waals surface area contributed by atoms with Crippen LogP contribution in [0.5, 0.6) is 0 Å². The lowest BCUT2D eigenvalue weighted by molar-refractivity contribution is -0.384. The number of aliphatic hydroxyl groups is 1. The van der Waals surface area contributed by atoms with E-state index in [2.05, 4.69) is 0 Å². The molecule has 0 atom stereocenters. The monoisotopic (exact) mass is 271 g/mol. The standard InChI is InChI=1S/C11H13NO5S/c1-9(6-7-13)8-18(16,17)11-4-2-10(3-5-11)12(14)15/h2-6,13H,7-8H2,1H3/b9-6+. The van der Waals surface area contributed by atoms with Gasteiger partial charge >= 0.3 is 0 Å². The molecule has 0 saturated heterocycles. The molecular weight excluding hydrogens is 258 g/mol. The van der Waals surface area contributed by atoms with Gasteiger partial charge in [0, 0.05) is 12.1 Å². The van der Waals surface area contributed by atoms with Gasteiger partial charge in [0.1, 0.15) is 0 Å². The largest absolute Gasteiger partial charge is 0.392 e. The molecule has 0 aromatic heterocycles. The molecular formula is C11H13NO5S. The molecule has 7 heteroatoms. The van der Waals surface area contributed by atoms with Crippen LogP contribution in [0.4, 0.5) is 5.69 Å². The summed E-state index contributed by atoms with van der Waals surface area (Å²) in [7, 11) is -3.53. The Morgan fingerprint density at radius 1 is 1.39 bits per heavy atom. The molecule has 1 aromatic rings. The summed E-state index contributed by atoms with van der Waals surface area (Å²) in [6, 6.07) is 4.72. The van der Waals surface area contributed by atoms with Crippen molar-refractivity contribution >= 4 is 15.5 Å². The van der Waals surface area contributed by atoms with Gasteiger partial charge in [0.05, 0.1) is 22.2 Å². The van der Waals surface area contributed by atoms with Crippen molar-refractivity contribution in [3.05, 3.63) is 46.0 Å². The summed E-state index contributed by atoms with van der Waals surface area (Å²) < 4.78 is 23.8. The quantitative estimate of drug-likeness (QED) is 0.494. The Kier molecular flexibility index (Phi) is 4.57. The van der Waals surface area contributed by atoms with Crippen LogP contribution in [0.25, 0.3) is 0 Å². The molecule has 0 amide bonds. The minimum Gasteiger partial charge on any atom is -0.392 e. The maximum Gasteiger partial charge on any atom is 0.269 e. The maximum absolute atomic E-state index is 11.9. The molecule has 1 rings (SSSR count). The van der Waals surface area contributed by atoms with Gasteiger partial charge in [-0.2, -0.15) is 0 Å². The Morgan fingerprint density at radius 2 is 1.94 bits per heavy atom. The van der Waals surface area contributed by atoms with Gasteiger partial charge in [-0.15, -0.1) is 0 Å². The van der Waals surface area contributed by atoms with Crippen molar-refractivity contribution in [2.24, 2.45) is 0 Å². The number of non-ortho nitro benzene ring substituents is 1. The molecule has 0 unspecified atom stereocenters. The number of nitrogens with zero attached hydrogens (tertiary/aromatic N) is 1. The van der Waals surface area contributed by atoms with Gasteiger partial charge in [-0.25, -0.2) is 8.42 Å². The van der Waals surface area contributed by atoms with E-state index in [1.165, 1.54) is 18.2 Å². The summed E-state index contributed by atoms with van der Waals surface area (Å²) in [5.41, 5.74) is 0.368. The van der Waals surface area contributed by atoms with Crippen molar-refractivity contribution in [1.82, 2.24) is 0 Å². The fourth-order valence-electron chi connectivity index (χ4n) is 1.37. The highest BCUT2D eigenvalue weighted by Gasteiger charge is 2.16. The van der Waals surface area contributed by atoms with Crippen LogP contribution in [-0.2, 0) is 9.84 Å². The van der Waals surface area contributed by atoms with E-state index in [4.69, 9.17) is 5.11 Å². The van der Waals surface area contributed by atoms with E-state index >= 15 is 0 Å². The lowest BCUT2D eigenvalue weighted by atomic mass is 10.3. The first-order chi connectivity index (χ1) is 8.36. The summed E-state index contributed by atoms with van der Waals surface area (Å²) >= 11 is 0. The zero-order valence-electron chi connectivity index (χ0n) is 9.74. The number of hydrogen-bond donors (Lipinski definition) is 1. The Hall–Kier alpha value is -1.73. The van der Waals surface area contributed by atoms with Crippen LogP contribution in [0.1, 0.15) is 6.92 Å². The van der Waals surface area contributed by atoms with Crippen LogP contribution in [0.15, 0.2) is 40.8 Å². The van der Waals surface area contributed by atoms with E-state index in [0.29, 0.717) is 5.57 Å². The molecule has 0 aliphatic carbocycles. The van der Waals surface area contributed by atoms with Gasteiger partial charge in [0.25, 0.3) is 5.69 Å². The third-order valence-corrected chi connectivity index (χ3v) is 4.09. The first-order valence-electron chi connectivity index (χ1n) is 5.10. The highest BCUT2D eigenvalue weighted by Crippen LogP contribution is 2.18. The minimum atomic E-state index is -3.53. The highest BCUT2D eigenvalue weighted by molar-refractivity contribution is 7.91. The first-order valence-corrected chi connectivity index (χ1v) is 6.76. The average molecular weight is 271 g/mol. The number of hydrogen-bond acceptors (Lipinski definition) is 5. The maximum atomic E-state index is 11.9. The molecule has 0 heterocycles. The van der Waals surface area contributed by atoms with Crippen molar-refractivity contribution in [3.63, 3.8) is 0 Å². The molecule has 0 fully saturated rings. The third-order valence-electron chi connectivity index (χ3n) is 2.26. The zero-order chi connectivity index (χ0) is 13.8. The number of nitro groups is 1. The topological polar surface area (TPSA) is 97.5 Å². The van der Waals surface area contributed by atoms with E-state index in [9.17, 15) is 18.5 Å². The van der Waals surface area contributed by atoms with Gasteiger partial charge in [-0.05, 0) is 19.1 Å². The summed E-state index contributed by atoms with van der Waals surface area (Å²) in [5.74, 6) is -0.217. The molecule has 98 valence electrons. The van der Waals surface area contributed by atoms with Gasteiger partial charge in [-0.3, -0.25) is 10.1 Å². The van der Waals surface area contributed by atoms with Crippen LogP contribution in [0.2, 0.25) is 0 Å². The number of rotatable bonds is 5. The predicted molar refractivity (Wildman–Crippen MR) is 66.0 cm³/mol. The Bertz CT molecular complexity index is 560. The lowest BCUT2D eigenvalue weighted by Gasteiger charge is -2.04. The van der Waals surface area contributed by atoms with E-state index in [1.54, 1.807) is 6.92 Å². The normalized spacial score (nSPS) is 12.4. The summed E-state index contributed by atoms with van der Waals surface area (Å²) in [6.45, 7) is 1.38. The van der Waals surface area contributed by atoms with Crippen LogP contribution in [0, 0.1) is 10.1 Å². The molecule has 1 aromatic carbocycles. The van der Waals surface area contributed by atoms with Gasteiger partial charge in [-0.1, -0.05) is 11.6 Å². The first kappa shape index (κ1) is 14.3. The lowest BCUT2D eigenvalue weighted by Crippen LogP contribution is -2.08. The molecule has 6 nitrogen and oxygen atoms in total. The minimum absolute atomic E-state index is 0.0267. The molecule has 0 spiro atoms. The van der Waals surface area contributed by atoms with E-state index < -0.39 is 14.8 Å². The highest BCUT2D eigenvalue weighted by atomic mass is 32.2. The van der Waals surface area contributed by atoms with Gasteiger partial charge < -0.3 is 5.11 Å². The fourth-order valence-corrected chi connectivity index (χ4v) is 2.81. The zero-order valence-corrected chi connectivity index (χ0v) is 10.6. The number of sulfone groups is 1. The summed E-state index contributed by atoms with van der Waals surface area (Å²) in [4.78, 5) is 9.88. The Morgan fingerprint density at radius 3 is 2.39 bits per heavy atom. The van der Waals surface area contributed by atoms with Crippen molar-refractivity contribution in [1.29, 1.82) is 0 Å². The molecule has 18 heavy (non-hydrogen) atoms.